The van der Waals surface area contributed by atoms with Crippen LogP contribution < -0.4 is 15.1 Å². The lowest BCUT2D eigenvalue weighted by Gasteiger charge is -2.37. The van der Waals surface area contributed by atoms with Gasteiger partial charge in [-0.3, -0.25) is 14.5 Å². The number of fused-ring (bicyclic) bond motifs is 1. The van der Waals surface area contributed by atoms with Crippen LogP contribution in [-0.4, -0.2) is 55.5 Å². The fourth-order valence-corrected chi connectivity index (χ4v) is 4.22. The van der Waals surface area contributed by atoms with E-state index in [1.807, 2.05) is 31.2 Å². The summed E-state index contributed by atoms with van der Waals surface area (Å²) < 4.78 is 0. The van der Waals surface area contributed by atoms with E-state index in [1.165, 1.54) is 11.3 Å². The Balaban J connectivity index is 1.43. The van der Waals surface area contributed by atoms with Crippen LogP contribution in [0.2, 0.25) is 0 Å². The molecule has 6 nitrogen and oxygen atoms in total. The van der Waals surface area contributed by atoms with Crippen molar-refractivity contribution in [2.45, 2.75) is 26.3 Å². The molecule has 2 heterocycles. The van der Waals surface area contributed by atoms with Crippen LogP contribution in [0.3, 0.4) is 0 Å². The van der Waals surface area contributed by atoms with Gasteiger partial charge in [-0.15, -0.1) is 0 Å². The third kappa shape index (κ3) is 4.27. The number of para-hydroxylation sites is 2. The van der Waals surface area contributed by atoms with Gasteiger partial charge in [0.2, 0.25) is 11.8 Å². The fraction of sp³-hybridized carbons (Fsp3) is 0.391. The van der Waals surface area contributed by atoms with Crippen LogP contribution in [0.1, 0.15) is 18.9 Å². The number of carbonyl (C=O) groups is 2. The first-order valence-corrected chi connectivity index (χ1v) is 10.3. The highest BCUT2D eigenvalue weighted by molar-refractivity contribution is 6.04. The zero-order valence-corrected chi connectivity index (χ0v) is 17.1. The van der Waals surface area contributed by atoms with Gasteiger partial charge in [0.05, 0.1) is 17.9 Å². The van der Waals surface area contributed by atoms with Gasteiger partial charge in [-0.05, 0) is 43.7 Å². The molecule has 152 valence electrons. The van der Waals surface area contributed by atoms with Crippen molar-refractivity contribution in [3.8, 4) is 0 Å². The van der Waals surface area contributed by atoms with Gasteiger partial charge in [0, 0.05) is 44.3 Å². The number of hydrogen-bond donors (Lipinski definition) is 1. The number of carbonyl (C=O) groups excluding carboxylic acids is 2. The van der Waals surface area contributed by atoms with Crippen LogP contribution in [0.15, 0.2) is 48.5 Å². The monoisotopic (exact) mass is 392 g/mol. The average molecular weight is 393 g/mol. The molecule has 0 aliphatic carbocycles. The van der Waals surface area contributed by atoms with Gasteiger partial charge in [0.15, 0.2) is 0 Å². The van der Waals surface area contributed by atoms with Gasteiger partial charge in [-0.25, -0.2) is 0 Å². The molecule has 0 bridgehead atoms. The van der Waals surface area contributed by atoms with Crippen molar-refractivity contribution in [3.05, 3.63) is 54.1 Å². The summed E-state index contributed by atoms with van der Waals surface area (Å²) in [4.78, 5) is 31.8. The van der Waals surface area contributed by atoms with Gasteiger partial charge in [-0.1, -0.05) is 24.3 Å². The Morgan fingerprint density at radius 1 is 1.07 bits per heavy atom. The van der Waals surface area contributed by atoms with Gasteiger partial charge in [-0.2, -0.15) is 0 Å². The van der Waals surface area contributed by atoms with E-state index in [2.05, 4.69) is 46.3 Å². The first-order chi connectivity index (χ1) is 14.0. The minimum Gasteiger partial charge on any atom is -0.369 e. The smallest absolute Gasteiger partial charge is 0.241 e. The third-order valence-corrected chi connectivity index (χ3v) is 5.73. The SMILES string of the molecule is Cc1cccc(N2CCN(CC(=O)N3c4ccccc4NC(=O)C[C@H]3C)CC2)c1. The number of anilines is 3. The van der Waals surface area contributed by atoms with E-state index in [4.69, 9.17) is 0 Å². The molecule has 0 aromatic heterocycles. The van der Waals surface area contributed by atoms with Crippen LogP contribution in [0, 0.1) is 6.92 Å². The minimum absolute atomic E-state index is 0.0467. The molecule has 0 saturated carbocycles. The van der Waals surface area contributed by atoms with Crippen molar-refractivity contribution in [1.82, 2.24) is 4.90 Å². The normalized spacial score (nSPS) is 20.1. The Morgan fingerprint density at radius 3 is 2.59 bits per heavy atom. The fourth-order valence-electron chi connectivity index (χ4n) is 4.22. The van der Waals surface area contributed by atoms with E-state index >= 15 is 0 Å². The third-order valence-electron chi connectivity index (χ3n) is 5.73. The van der Waals surface area contributed by atoms with Crippen LogP contribution in [-0.2, 0) is 9.59 Å². The zero-order chi connectivity index (χ0) is 20.4. The van der Waals surface area contributed by atoms with E-state index in [0.29, 0.717) is 18.7 Å². The quantitative estimate of drug-likeness (QED) is 0.873. The van der Waals surface area contributed by atoms with E-state index in [1.54, 1.807) is 4.90 Å². The molecule has 1 fully saturated rings. The Morgan fingerprint density at radius 2 is 1.83 bits per heavy atom. The van der Waals surface area contributed by atoms with Crippen LogP contribution >= 0.6 is 0 Å². The standard InChI is InChI=1S/C23H28N4O2/c1-17-6-5-7-19(14-17)26-12-10-25(11-13-26)16-23(29)27-18(2)15-22(28)24-20-8-3-4-9-21(20)27/h3-9,14,18H,10-13,15-16H2,1-2H3,(H,24,28)/t18-/m1/s1. The lowest BCUT2D eigenvalue weighted by molar-refractivity contribution is -0.120. The molecule has 2 amide bonds. The molecule has 2 aliphatic heterocycles. The molecule has 0 unspecified atom stereocenters. The largest absolute Gasteiger partial charge is 0.369 e. The molecule has 1 N–H and O–H groups in total. The lowest BCUT2D eigenvalue weighted by atomic mass is 10.1. The number of amides is 2. The van der Waals surface area contributed by atoms with E-state index < -0.39 is 0 Å². The lowest BCUT2D eigenvalue weighted by Crippen LogP contribution is -2.51. The predicted octanol–water partition coefficient (Wildman–Crippen LogP) is 2.88. The van der Waals surface area contributed by atoms with Gasteiger partial charge in [0.1, 0.15) is 0 Å². The number of nitrogens with zero attached hydrogens (tertiary/aromatic N) is 3. The molecule has 0 radical (unpaired) electrons. The molecule has 2 aromatic rings. The maximum atomic E-state index is 13.2. The highest BCUT2D eigenvalue weighted by atomic mass is 16.2. The summed E-state index contributed by atoms with van der Waals surface area (Å²) >= 11 is 0. The van der Waals surface area contributed by atoms with Crippen LogP contribution in [0.4, 0.5) is 17.1 Å². The van der Waals surface area contributed by atoms with Gasteiger partial charge in [0.25, 0.3) is 0 Å². The molecule has 6 heteroatoms. The molecule has 1 atom stereocenters. The summed E-state index contributed by atoms with van der Waals surface area (Å²) in [5.74, 6) is -0.00234. The highest BCUT2D eigenvalue weighted by Gasteiger charge is 2.31. The molecule has 1 saturated heterocycles. The van der Waals surface area contributed by atoms with E-state index in [9.17, 15) is 9.59 Å². The van der Waals surface area contributed by atoms with Gasteiger partial charge < -0.3 is 15.1 Å². The van der Waals surface area contributed by atoms with Crippen molar-refractivity contribution in [1.29, 1.82) is 0 Å². The Labute approximate surface area is 172 Å². The zero-order valence-electron chi connectivity index (χ0n) is 17.1. The highest BCUT2D eigenvalue weighted by Crippen LogP contribution is 2.31. The predicted molar refractivity (Wildman–Crippen MR) is 116 cm³/mol. The van der Waals surface area contributed by atoms with Gasteiger partial charge >= 0.3 is 0 Å². The first-order valence-electron chi connectivity index (χ1n) is 10.3. The number of rotatable bonds is 3. The molecule has 4 rings (SSSR count). The number of piperazine rings is 1. The Kier molecular flexibility index (Phi) is 5.53. The number of benzene rings is 2. The maximum absolute atomic E-state index is 13.2. The second-order valence-corrected chi connectivity index (χ2v) is 7.98. The topological polar surface area (TPSA) is 55.9 Å². The summed E-state index contributed by atoms with van der Waals surface area (Å²) in [5.41, 5.74) is 4.00. The Bertz CT molecular complexity index is 905. The van der Waals surface area contributed by atoms with Crippen LogP contribution in [0.5, 0.6) is 0 Å². The minimum atomic E-state index is -0.167. The van der Waals surface area contributed by atoms with Crippen molar-refractivity contribution in [2.75, 3.05) is 47.8 Å². The Hall–Kier alpha value is -2.86. The second kappa shape index (κ2) is 8.25. The molecular weight excluding hydrogens is 364 g/mol. The number of hydrogen-bond acceptors (Lipinski definition) is 4. The molecule has 0 spiro atoms. The van der Waals surface area contributed by atoms with Crippen molar-refractivity contribution in [3.63, 3.8) is 0 Å². The summed E-state index contributed by atoms with van der Waals surface area (Å²) in [6.45, 7) is 7.93. The molecular formula is C23H28N4O2. The van der Waals surface area contributed by atoms with E-state index in [0.717, 1.165) is 31.9 Å². The van der Waals surface area contributed by atoms with E-state index in [-0.39, 0.29) is 17.9 Å². The summed E-state index contributed by atoms with van der Waals surface area (Å²) in [5, 5.41) is 2.92. The second-order valence-electron chi connectivity index (χ2n) is 7.98. The van der Waals surface area contributed by atoms with Crippen molar-refractivity contribution >= 4 is 28.9 Å². The average Bonchev–Trinajstić information content (AvgIpc) is 2.82. The van der Waals surface area contributed by atoms with Crippen LogP contribution in [0.25, 0.3) is 0 Å². The molecule has 2 aromatic carbocycles. The molecule has 2 aliphatic rings. The summed E-state index contributed by atoms with van der Waals surface area (Å²) in [6, 6.07) is 15.9. The van der Waals surface area contributed by atoms with Crippen molar-refractivity contribution < 1.29 is 9.59 Å². The number of aryl methyl sites for hydroxylation is 1. The summed E-state index contributed by atoms with van der Waals surface area (Å²) in [6.07, 6.45) is 0.307. The maximum Gasteiger partial charge on any atom is 0.241 e. The van der Waals surface area contributed by atoms with Crippen molar-refractivity contribution in [2.24, 2.45) is 0 Å². The number of nitrogens with one attached hydrogen (secondary N) is 1. The first kappa shape index (κ1) is 19.5. The summed E-state index contributed by atoms with van der Waals surface area (Å²) in [7, 11) is 0. The molecule has 29 heavy (non-hydrogen) atoms.